The first-order valence-corrected chi connectivity index (χ1v) is 11.3. The van der Waals surface area contributed by atoms with Crippen LogP contribution in [0.4, 0.5) is 5.69 Å². The van der Waals surface area contributed by atoms with Crippen LogP contribution in [0, 0.1) is 0 Å². The summed E-state index contributed by atoms with van der Waals surface area (Å²) < 4.78 is 6.87. The Balaban J connectivity index is 1.68. The van der Waals surface area contributed by atoms with Crippen LogP contribution in [0.1, 0.15) is 24.2 Å². The molecule has 162 valence electrons. The van der Waals surface area contributed by atoms with E-state index in [2.05, 4.69) is 15.5 Å². The summed E-state index contributed by atoms with van der Waals surface area (Å²) in [6.07, 6.45) is 0. The number of benzene rings is 2. The zero-order chi connectivity index (χ0) is 22.4. The number of ether oxygens (including phenoxy) is 1. The summed E-state index contributed by atoms with van der Waals surface area (Å²) in [6.45, 7) is 4.59. The maximum absolute atomic E-state index is 12.4. The van der Waals surface area contributed by atoms with Crippen LogP contribution in [-0.4, -0.2) is 39.0 Å². The van der Waals surface area contributed by atoms with Gasteiger partial charge in [0.25, 0.3) is 0 Å². The Labute approximate surface area is 194 Å². The van der Waals surface area contributed by atoms with Crippen LogP contribution in [0.2, 0.25) is 10.0 Å². The number of carbonyl (C=O) groups is 2. The number of nitrogens with zero attached hydrogens (tertiary/aromatic N) is 3. The maximum atomic E-state index is 12.4. The molecule has 0 atom stereocenters. The number of hydrogen-bond acceptors (Lipinski definition) is 6. The molecule has 3 aromatic rings. The smallest absolute Gasteiger partial charge is 0.338 e. The summed E-state index contributed by atoms with van der Waals surface area (Å²) >= 11 is 13.5. The molecule has 1 N–H and O–H groups in total. The van der Waals surface area contributed by atoms with Crippen molar-refractivity contribution in [1.82, 2.24) is 14.8 Å². The van der Waals surface area contributed by atoms with E-state index in [1.807, 2.05) is 11.5 Å². The average Bonchev–Trinajstić information content (AvgIpc) is 3.15. The minimum absolute atomic E-state index is 0.121. The molecular formula is C21H20Cl2N4O3S. The summed E-state index contributed by atoms with van der Waals surface area (Å²) in [4.78, 5) is 24.3. The Bertz CT molecular complexity index is 1100. The van der Waals surface area contributed by atoms with Crippen LogP contribution in [0.5, 0.6) is 0 Å². The lowest BCUT2D eigenvalue weighted by Crippen LogP contribution is -2.15. The average molecular weight is 479 g/mol. The van der Waals surface area contributed by atoms with Crippen molar-refractivity contribution in [2.45, 2.75) is 25.5 Å². The summed E-state index contributed by atoms with van der Waals surface area (Å²) in [5.74, 6) is 0.0604. The van der Waals surface area contributed by atoms with Crippen molar-refractivity contribution in [2.75, 3.05) is 17.7 Å². The molecule has 7 nitrogen and oxygen atoms in total. The Hall–Kier alpha value is -2.55. The number of esters is 1. The highest BCUT2D eigenvalue weighted by molar-refractivity contribution is 7.99. The lowest BCUT2D eigenvalue weighted by molar-refractivity contribution is -0.113. The third kappa shape index (κ3) is 5.78. The van der Waals surface area contributed by atoms with Crippen LogP contribution in [0.25, 0.3) is 11.4 Å². The second-order valence-electron chi connectivity index (χ2n) is 6.31. The number of halogens is 2. The van der Waals surface area contributed by atoms with Crippen LogP contribution >= 0.6 is 35.0 Å². The molecule has 0 spiro atoms. The van der Waals surface area contributed by atoms with Crippen molar-refractivity contribution in [1.29, 1.82) is 0 Å². The number of rotatable bonds is 8. The molecule has 31 heavy (non-hydrogen) atoms. The molecule has 1 aromatic heterocycles. The molecule has 3 rings (SSSR count). The summed E-state index contributed by atoms with van der Waals surface area (Å²) in [7, 11) is 0. The molecule has 0 aliphatic carbocycles. The number of hydrogen-bond donors (Lipinski definition) is 1. The molecule has 1 heterocycles. The third-order valence-corrected chi connectivity index (χ3v) is 5.71. The Kier molecular flexibility index (Phi) is 7.95. The van der Waals surface area contributed by atoms with Gasteiger partial charge in [-0.1, -0.05) is 41.0 Å². The van der Waals surface area contributed by atoms with Gasteiger partial charge in [0.15, 0.2) is 11.0 Å². The number of aromatic nitrogens is 3. The van der Waals surface area contributed by atoms with Crippen LogP contribution in [0.15, 0.2) is 47.6 Å². The molecule has 0 bridgehead atoms. The van der Waals surface area contributed by atoms with E-state index in [9.17, 15) is 9.59 Å². The molecule has 0 saturated heterocycles. The highest BCUT2D eigenvalue weighted by Crippen LogP contribution is 2.31. The Morgan fingerprint density at radius 2 is 1.94 bits per heavy atom. The molecular weight excluding hydrogens is 459 g/mol. The highest BCUT2D eigenvalue weighted by Gasteiger charge is 2.17. The van der Waals surface area contributed by atoms with Gasteiger partial charge in [0, 0.05) is 22.8 Å². The summed E-state index contributed by atoms with van der Waals surface area (Å²) in [5.41, 5.74) is 1.61. The minimum Gasteiger partial charge on any atom is -0.462 e. The zero-order valence-electron chi connectivity index (χ0n) is 16.9. The van der Waals surface area contributed by atoms with Crippen LogP contribution in [-0.2, 0) is 16.1 Å². The van der Waals surface area contributed by atoms with Gasteiger partial charge in [0.1, 0.15) is 0 Å². The van der Waals surface area contributed by atoms with Gasteiger partial charge in [0.2, 0.25) is 5.91 Å². The molecule has 0 saturated carbocycles. The van der Waals surface area contributed by atoms with Crippen molar-refractivity contribution >= 4 is 52.5 Å². The van der Waals surface area contributed by atoms with Gasteiger partial charge in [0.05, 0.1) is 22.9 Å². The maximum Gasteiger partial charge on any atom is 0.338 e. The normalized spacial score (nSPS) is 10.7. The standard InChI is InChI=1S/C21H20Cl2N4O3S/c1-3-27-19(16-9-8-14(22)11-17(16)23)25-26-21(27)31-12-18(28)24-15-7-5-6-13(10-15)20(29)30-4-2/h5-11H,3-4,12H2,1-2H3,(H,24,28). The van der Waals surface area contributed by atoms with E-state index >= 15 is 0 Å². The number of carbonyl (C=O) groups excluding carboxylic acids is 2. The predicted octanol–water partition coefficient (Wildman–Crippen LogP) is 5.18. The molecule has 0 aliphatic heterocycles. The molecule has 1 amide bonds. The number of anilines is 1. The van der Waals surface area contributed by atoms with E-state index in [4.69, 9.17) is 27.9 Å². The lowest BCUT2D eigenvalue weighted by Gasteiger charge is -2.09. The molecule has 0 unspecified atom stereocenters. The van der Waals surface area contributed by atoms with E-state index in [0.29, 0.717) is 44.4 Å². The first-order chi connectivity index (χ1) is 14.9. The topological polar surface area (TPSA) is 86.1 Å². The van der Waals surface area contributed by atoms with E-state index in [1.54, 1.807) is 49.4 Å². The summed E-state index contributed by atoms with van der Waals surface area (Å²) in [6, 6.07) is 11.8. The Morgan fingerprint density at radius 1 is 1.13 bits per heavy atom. The largest absolute Gasteiger partial charge is 0.462 e. The first-order valence-electron chi connectivity index (χ1n) is 9.51. The second-order valence-corrected chi connectivity index (χ2v) is 8.10. The minimum atomic E-state index is -0.433. The van der Waals surface area contributed by atoms with Gasteiger partial charge in [-0.25, -0.2) is 4.79 Å². The quantitative estimate of drug-likeness (QED) is 0.354. The van der Waals surface area contributed by atoms with Gasteiger partial charge in [-0.3, -0.25) is 4.79 Å². The molecule has 0 radical (unpaired) electrons. The van der Waals surface area contributed by atoms with E-state index in [-0.39, 0.29) is 18.3 Å². The predicted molar refractivity (Wildman–Crippen MR) is 123 cm³/mol. The van der Waals surface area contributed by atoms with E-state index in [0.717, 1.165) is 0 Å². The molecule has 0 aliphatic rings. The fourth-order valence-electron chi connectivity index (χ4n) is 2.82. The van der Waals surface area contributed by atoms with Gasteiger partial charge < -0.3 is 14.6 Å². The molecule has 10 heteroatoms. The SMILES string of the molecule is CCOC(=O)c1cccc(NC(=O)CSc2nnc(-c3ccc(Cl)cc3Cl)n2CC)c1. The van der Waals surface area contributed by atoms with Gasteiger partial charge in [-0.2, -0.15) is 0 Å². The number of nitrogens with one attached hydrogen (secondary N) is 1. The van der Waals surface area contributed by atoms with Crippen molar-refractivity contribution in [3.63, 3.8) is 0 Å². The monoisotopic (exact) mass is 478 g/mol. The van der Waals surface area contributed by atoms with Gasteiger partial charge >= 0.3 is 5.97 Å². The Morgan fingerprint density at radius 3 is 2.65 bits per heavy atom. The van der Waals surface area contributed by atoms with Crippen molar-refractivity contribution < 1.29 is 14.3 Å². The fraction of sp³-hybridized carbons (Fsp3) is 0.238. The van der Waals surface area contributed by atoms with Gasteiger partial charge in [-0.05, 0) is 50.2 Å². The van der Waals surface area contributed by atoms with Crippen molar-refractivity contribution in [2.24, 2.45) is 0 Å². The fourth-order valence-corrected chi connectivity index (χ4v) is 4.11. The van der Waals surface area contributed by atoms with Crippen LogP contribution < -0.4 is 5.32 Å². The third-order valence-electron chi connectivity index (χ3n) is 4.19. The zero-order valence-corrected chi connectivity index (χ0v) is 19.2. The number of thioether (sulfide) groups is 1. The van der Waals surface area contributed by atoms with E-state index < -0.39 is 5.97 Å². The summed E-state index contributed by atoms with van der Waals surface area (Å²) in [5, 5.41) is 12.8. The second kappa shape index (κ2) is 10.7. The van der Waals surface area contributed by atoms with E-state index in [1.165, 1.54) is 11.8 Å². The van der Waals surface area contributed by atoms with Gasteiger partial charge in [-0.15, -0.1) is 10.2 Å². The number of amides is 1. The highest BCUT2D eigenvalue weighted by atomic mass is 35.5. The molecule has 0 fully saturated rings. The lowest BCUT2D eigenvalue weighted by atomic mass is 10.2. The van der Waals surface area contributed by atoms with Crippen LogP contribution in [0.3, 0.4) is 0 Å². The van der Waals surface area contributed by atoms with Crippen molar-refractivity contribution in [3.8, 4) is 11.4 Å². The first kappa shape index (κ1) is 23.1. The molecule has 2 aromatic carbocycles. The van der Waals surface area contributed by atoms with Crippen molar-refractivity contribution in [3.05, 3.63) is 58.1 Å².